The third-order valence-electron chi connectivity index (χ3n) is 3.66. The normalized spacial score (nSPS) is 9.56. The fourth-order valence-electron chi connectivity index (χ4n) is 2.29. The van der Waals surface area contributed by atoms with Gasteiger partial charge < -0.3 is 20.5 Å². The van der Waals surface area contributed by atoms with Gasteiger partial charge in [0.15, 0.2) is 0 Å². The summed E-state index contributed by atoms with van der Waals surface area (Å²) < 4.78 is 10.8. The van der Waals surface area contributed by atoms with Gasteiger partial charge in [-0.05, 0) is 49.7 Å². The lowest BCUT2D eigenvalue weighted by Crippen LogP contribution is -2.11. The van der Waals surface area contributed by atoms with Gasteiger partial charge in [0.1, 0.15) is 11.5 Å². The summed E-state index contributed by atoms with van der Waals surface area (Å²) in [5.41, 5.74) is 6.11. The number of pyridine rings is 1. The molecule has 0 aliphatic heterocycles. The quantitative estimate of drug-likeness (QED) is 0.554. The molecule has 0 bridgehead atoms. The van der Waals surface area contributed by atoms with Crippen LogP contribution >= 0.6 is 24.8 Å². The second-order valence-electron chi connectivity index (χ2n) is 5.66. The molecule has 0 radical (unpaired) electrons. The highest BCUT2D eigenvalue weighted by Gasteiger charge is 2.04. The molecule has 0 unspecified atom stereocenters. The number of ether oxygens (including phenoxy) is 2. The molecule has 3 N–H and O–H groups in total. The second-order valence-corrected chi connectivity index (χ2v) is 5.66. The number of hydrogen-bond donors (Lipinski definition) is 2. The van der Waals surface area contributed by atoms with E-state index in [2.05, 4.69) is 10.3 Å². The lowest BCUT2D eigenvalue weighted by Gasteiger charge is -2.08. The molecule has 0 saturated heterocycles. The summed E-state index contributed by atoms with van der Waals surface area (Å²) >= 11 is 0. The van der Waals surface area contributed by atoms with Gasteiger partial charge in [0, 0.05) is 12.5 Å². The van der Waals surface area contributed by atoms with Crippen LogP contribution < -0.4 is 20.5 Å². The molecule has 0 saturated carbocycles. The highest BCUT2D eigenvalue weighted by Crippen LogP contribution is 2.23. The van der Waals surface area contributed by atoms with Crippen LogP contribution in [0, 0.1) is 0 Å². The van der Waals surface area contributed by atoms with Crippen molar-refractivity contribution in [3.63, 3.8) is 0 Å². The number of methoxy groups -OCH3 is 1. The van der Waals surface area contributed by atoms with Gasteiger partial charge in [-0.3, -0.25) is 4.79 Å². The molecule has 0 aliphatic rings. The van der Waals surface area contributed by atoms with Crippen molar-refractivity contribution in [2.75, 3.05) is 19.0 Å². The minimum Gasteiger partial charge on any atom is -0.497 e. The minimum atomic E-state index is -0.00151. The Morgan fingerprint density at radius 3 is 2.26 bits per heavy atom. The van der Waals surface area contributed by atoms with Crippen LogP contribution in [0.4, 0.5) is 5.69 Å². The van der Waals surface area contributed by atoms with Gasteiger partial charge in [0.2, 0.25) is 11.8 Å². The fraction of sp³-hybridized carbons (Fsp3) is 0.368. The van der Waals surface area contributed by atoms with Crippen molar-refractivity contribution in [2.24, 2.45) is 5.73 Å². The van der Waals surface area contributed by atoms with E-state index in [1.807, 2.05) is 12.1 Å². The Bertz CT molecular complexity index is 652. The molecular formula is C19H27Cl2N3O3. The molecule has 0 aliphatic carbocycles. The SMILES string of the molecule is COc1ccc(Oc2ccc(NC(=O)CCCCCCN)cn2)cc1.Cl.Cl. The van der Waals surface area contributed by atoms with Crippen molar-refractivity contribution >= 4 is 36.4 Å². The van der Waals surface area contributed by atoms with E-state index in [1.165, 1.54) is 0 Å². The van der Waals surface area contributed by atoms with Crippen LogP contribution in [0.5, 0.6) is 17.4 Å². The van der Waals surface area contributed by atoms with Crippen LogP contribution in [0.15, 0.2) is 42.6 Å². The lowest BCUT2D eigenvalue weighted by atomic mass is 10.1. The number of unbranched alkanes of at least 4 members (excludes halogenated alkanes) is 3. The van der Waals surface area contributed by atoms with Gasteiger partial charge in [-0.2, -0.15) is 0 Å². The van der Waals surface area contributed by atoms with Crippen molar-refractivity contribution in [3.8, 4) is 17.4 Å². The molecule has 1 aromatic carbocycles. The van der Waals surface area contributed by atoms with Gasteiger partial charge in [0.05, 0.1) is 19.0 Å². The zero-order valence-corrected chi connectivity index (χ0v) is 17.0. The smallest absolute Gasteiger partial charge is 0.224 e. The third-order valence-corrected chi connectivity index (χ3v) is 3.66. The maximum absolute atomic E-state index is 11.9. The summed E-state index contributed by atoms with van der Waals surface area (Å²) in [4.78, 5) is 16.1. The molecule has 0 atom stereocenters. The molecule has 150 valence electrons. The highest BCUT2D eigenvalue weighted by molar-refractivity contribution is 5.90. The van der Waals surface area contributed by atoms with Crippen molar-refractivity contribution in [1.82, 2.24) is 4.98 Å². The summed E-state index contributed by atoms with van der Waals surface area (Å²) in [6, 6.07) is 10.7. The van der Waals surface area contributed by atoms with Crippen LogP contribution in [-0.4, -0.2) is 24.5 Å². The molecule has 27 heavy (non-hydrogen) atoms. The average Bonchev–Trinajstić information content (AvgIpc) is 2.64. The Morgan fingerprint density at radius 1 is 1.00 bits per heavy atom. The van der Waals surface area contributed by atoms with Crippen molar-refractivity contribution in [2.45, 2.75) is 32.1 Å². The van der Waals surface area contributed by atoms with Crippen molar-refractivity contribution in [1.29, 1.82) is 0 Å². The number of benzene rings is 1. The molecule has 1 amide bonds. The summed E-state index contributed by atoms with van der Waals surface area (Å²) in [7, 11) is 1.62. The predicted molar refractivity (Wildman–Crippen MR) is 113 cm³/mol. The number of carbonyl (C=O) groups excluding carboxylic acids is 1. The van der Waals surface area contributed by atoms with E-state index in [0.29, 0.717) is 30.3 Å². The molecule has 2 rings (SSSR count). The summed E-state index contributed by atoms with van der Waals surface area (Å²) in [5.74, 6) is 1.90. The number of rotatable bonds is 10. The first-order valence-corrected chi connectivity index (χ1v) is 8.49. The number of aromatic nitrogens is 1. The predicted octanol–water partition coefficient (Wildman–Crippen LogP) is 4.57. The molecular weight excluding hydrogens is 389 g/mol. The van der Waals surface area contributed by atoms with E-state index in [4.69, 9.17) is 15.2 Å². The van der Waals surface area contributed by atoms with Crippen molar-refractivity contribution < 1.29 is 14.3 Å². The van der Waals surface area contributed by atoms with E-state index in [-0.39, 0.29) is 30.7 Å². The van der Waals surface area contributed by atoms with Crippen LogP contribution in [0.2, 0.25) is 0 Å². The molecule has 6 nitrogen and oxygen atoms in total. The Labute approximate surface area is 172 Å². The molecule has 0 spiro atoms. The maximum atomic E-state index is 11.9. The molecule has 1 heterocycles. The first-order chi connectivity index (χ1) is 12.2. The number of carbonyl (C=O) groups is 1. The minimum absolute atomic E-state index is 0. The molecule has 1 aromatic heterocycles. The van der Waals surface area contributed by atoms with Gasteiger partial charge in [-0.15, -0.1) is 24.8 Å². The summed E-state index contributed by atoms with van der Waals surface area (Å²) in [5, 5.41) is 2.84. The van der Waals surface area contributed by atoms with Gasteiger partial charge in [-0.1, -0.05) is 12.8 Å². The first-order valence-electron chi connectivity index (χ1n) is 8.49. The van der Waals surface area contributed by atoms with Crippen LogP contribution in [0.1, 0.15) is 32.1 Å². The molecule has 2 aromatic rings. The summed E-state index contributed by atoms with van der Waals surface area (Å²) in [6.45, 7) is 0.711. The van der Waals surface area contributed by atoms with Crippen LogP contribution in [0.3, 0.4) is 0 Å². The Kier molecular flexibility index (Phi) is 13.0. The topological polar surface area (TPSA) is 86.5 Å². The fourth-order valence-corrected chi connectivity index (χ4v) is 2.29. The monoisotopic (exact) mass is 415 g/mol. The van der Waals surface area contributed by atoms with Crippen LogP contribution in [0.25, 0.3) is 0 Å². The van der Waals surface area contributed by atoms with E-state index in [1.54, 1.807) is 37.6 Å². The standard InChI is InChI=1S/C19H25N3O3.2ClH/c1-24-16-8-10-17(11-9-16)25-19-12-7-15(14-21-19)22-18(23)6-4-2-3-5-13-20;;/h7-12,14H,2-6,13,20H2,1H3,(H,22,23);2*1H. The highest BCUT2D eigenvalue weighted by atomic mass is 35.5. The van der Waals surface area contributed by atoms with E-state index in [9.17, 15) is 4.79 Å². The number of nitrogens with two attached hydrogens (primary N) is 1. The molecule has 0 fully saturated rings. The number of nitrogens with zero attached hydrogens (tertiary/aromatic N) is 1. The third kappa shape index (κ3) is 9.47. The number of amides is 1. The van der Waals surface area contributed by atoms with Gasteiger partial charge in [0.25, 0.3) is 0 Å². The van der Waals surface area contributed by atoms with Crippen LogP contribution in [-0.2, 0) is 4.79 Å². The number of anilines is 1. The van der Waals surface area contributed by atoms with Gasteiger partial charge in [-0.25, -0.2) is 4.98 Å². The zero-order chi connectivity index (χ0) is 17.9. The second kappa shape index (κ2) is 14.1. The lowest BCUT2D eigenvalue weighted by molar-refractivity contribution is -0.116. The Balaban J connectivity index is 0.00000338. The average molecular weight is 416 g/mol. The van der Waals surface area contributed by atoms with Crippen molar-refractivity contribution in [3.05, 3.63) is 42.6 Å². The van der Waals surface area contributed by atoms with E-state index >= 15 is 0 Å². The van der Waals surface area contributed by atoms with Gasteiger partial charge >= 0.3 is 0 Å². The Morgan fingerprint density at radius 2 is 1.67 bits per heavy atom. The maximum Gasteiger partial charge on any atom is 0.224 e. The number of hydrogen-bond acceptors (Lipinski definition) is 5. The van der Waals surface area contributed by atoms with E-state index in [0.717, 1.165) is 31.4 Å². The van der Waals surface area contributed by atoms with E-state index < -0.39 is 0 Å². The molecule has 8 heteroatoms. The zero-order valence-electron chi connectivity index (χ0n) is 15.3. The Hall–Kier alpha value is -2.02. The largest absolute Gasteiger partial charge is 0.497 e. The number of nitrogens with one attached hydrogen (secondary N) is 1. The number of halogens is 2. The first kappa shape index (κ1) is 25.0. The summed E-state index contributed by atoms with van der Waals surface area (Å²) in [6.07, 6.45) is 6.08.